The molecule has 0 spiro atoms. The van der Waals surface area contributed by atoms with Crippen molar-refractivity contribution in [1.29, 1.82) is 0 Å². The molecule has 0 bridgehead atoms. The topological polar surface area (TPSA) is 63.3 Å². The van der Waals surface area contributed by atoms with Crippen LogP contribution in [0.2, 0.25) is 0 Å². The van der Waals surface area contributed by atoms with Crippen molar-refractivity contribution in [2.45, 2.75) is 41.5 Å². The van der Waals surface area contributed by atoms with Crippen LogP contribution in [0.4, 0.5) is 0 Å². The third-order valence-electron chi connectivity index (χ3n) is 6.40. The Morgan fingerprint density at radius 2 is 1.66 bits per heavy atom. The molecule has 38 heavy (non-hydrogen) atoms. The van der Waals surface area contributed by atoms with Crippen LogP contribution in [0.25, 0.3) is 52.1 Å². The number of aliphatic hydroxyl groups is 1. The monoisotopic (exact) mass is 749 g/mol. The molecule has 1 radical (unpaired) electrons. The first kappa shape index (κ1) is 28.3. The number of rotatable bonds is 1. The number of furan rings is 1. The summed E-state index contributed by atoms with van der Waals surface area (Å²) < 4.78 is 8.79. The molecule has 6 heteroatoms. The molecule has 0 atom stereocenters. The second-order valence-corrected chi connectivity index (χ2v) is 13.5. The predicted molar refractivity (Wildman–Crippen MR) is 154 cm³/mol. The van der Waals surface area contributed by atoms with Crippen LogP contribution >= 0.6 is 0 Å². The Morgan fingerprint density at radius 3 is 2.37 bits per heavy atom. The minimum absolute atomic E-state index is 0. The van der Waals surface area contributed by atoms with Gasteiger partial charge in [-0.2, -0.15) is 0 Å². The van der Waals surface area contributed by atoms with Gasteiger partial charge in [0.1, 0.15) is 5.76 Å². The Hall–Kier alpha value is -2.75. The number of carbonyl (C=O) groups is 1. The van der Waals surface area contributed by atoms with E-state index < -0.39 is 5.41 Å². The van der Waals surface area contributed by atoms with Crippen LogP contribution in [0.5, 0.6) is 0 Å². The molecule has 0 fully saturated rings. The summed E-state index contributed by atoms with van der Waals surface area (Å²) in [5.41, 5.74) is 2.10. The van der Waals surface area contributed by atoms with E-state index in [1.807, 2.05) is 53.8 Å². The van der Waals surface area contributed by atoms with Crippen LogP contribution < -0.4 is 0 Å². The fourth-order valence-corrected chi connectivity index (χ4v) is 6.70. The molecule has 0 unspecified atom stereocenters. The molecular weight excluding hydrogens is 718 g/mol. The molecule has 1 N–H and O–H groups in total. The summed E-state index contributed by atoms with van der Waals surface area (Å²) in [6, 6.07) is 22.5. The Morgan fingerprint density at radius 1 is 0.947 bits per heavy atom. The van der Waals surface area contributed by atoms with Crippen LogP contribution in [-0.4, -0.2) is 30.4 Å². The van der Waals surface area contributed by atoms with Gasteiger partial charge >= 0.3 is 143 Å². The molecule has 0 aliphatic carbocycles. The van der Waals surface area contributed by atoms with E-state index >= 15 is 0 Å². The van der Waals surface area contributed by atoms with Gasteiger partial charge in [-0.1, -0.05) is 41.5 Å². The van der Waals surface area contributed by atoms with Crippen molar-refractivity contribution in [3.05, 3.63) is 78.7 Å². The maximum absolute atomic E-state index is 11.5. The number of aromatic nitrogens is 1. The fourth-order valence-electron chi connectivity index (χ4n) is 4.14. The first-order valence-corrected chi connectivity index (χ1v) is 14.0. The zero-order chi connectivity index (χ0) is 26.5. The molecule has 6 rings (SSSR count). The summed E-state index contributed by atoms with van der Waals surface area (Å²) in [7, 11) is 0. The molecule has 3 heterocycles. The number of nitrogens with zero attached hydrogens (tertiary/aromatic N) is 1. The molecule has 0 aliphatic rings. The van der Waals surface area contributed by atoms with Gasteiger partial charge in [0.25, 0.3) is 0 Å². The number of hydrogen-bond donors (Lipinski definition) is 1. The van der Waals surface area contributed by atoms with Gasteiger partial charge in [-0.15, -0.1) is 0 Å². The fraction of sp³-hybridized carbons (Fsp3) is 0.250. The summed E-state index contributed by atoms with van der Waals surface area (Å²) in [6.45, 7) is 11.1. The second-order valence-electron chi connectivity index (χ2n) is 11.3. The van der Waals surface area contributed by atoms with Gasteiger partial charge in [0, 0.05) is 37.0 Å². The van der Waals surface area contributed by atoms with Crippen molar-refractivity contribution in [2.75, 3.05) is 0 Å². The van der Waals surface area contributed by atoms with Gasteiger partial charge < -0.3 is 5.11 Å². The summed E-state index contributed by atoms with van der Waals surface area (Å²) in [5, 5.41) is 15.6. The molecule has 4 nitrogen and oxygen atoms in total. The molecule has 0 saturated heterocycles. The third kappa shape index (κ3) is 5.24. The second kappa shape index (κ2) is 10.4. The van der Waals surface area contributed by atoms with Crippen LogP contribution in [0.1, 0.15) is 41.5 Å². The van der Waals surface area contributed by atoms with Gasteiger partial charge in [-0.05, 0) is 0 Å². The first-order valence-electron chi connectivity index (χ1n) is 12.3. The van der Waals surface area contributed by atoms with Gasteiger partial charge in [0.05, 0.1) is 0 Å². The Balaban J connectivity index is 0.000000209. The van der Waals surface area contributed by atoms with Gasteiger partial charge in [-0.25, -0.2) is 0 Å². The Kier molecular flexibility index (Phi) is 7.76. The van der Waals surface area contributed by atoms with Gasteiger partial charge in [-0.3, -0.25) is 4.79 Å². The number of carbonyl (C=O) groups excluding carboxylic acids is 1. The summed E-state index contributed by atoms with van der Waals surface area (Å²) in [4.78, 5) is 16.2. The predicted octanol–water partition coefficient (Wildman–Crippen LogP) is 8.38. The number of fused-ring (bicyclic) bond motifs is 4. The molecule has 3 aromatic heterocycles. The van der Waals surface area contributed by atoms with E-state index in [0.29, 0.717) is 0 Å². The average Bonchev–Trinajstić information content (AvgIpc) is 3.15. The summed E-state index contributed by atoms with van der Waals surface area (Å²) >= 11 is 0.184. The number of benzene rings is 3. The average molecular weight is 748 g/mol. The third-order valence-corrected chi connectivity index (χ3v) is 8.89. The molecular formula is C32H30IrNO3Se-. The van der Waals surface area contributed by atoms with Crippen LogP contribution in [0, 0.1) is 16.9 Å². The van der Waals surface area contributed by atoms with Gasteiger partial charge in [0.2, 0.25) is 0 Å². The molecule has 197 valence electrons. The van der Waals surface area contributed by atoms with Crippen molar-refractivity contribution >= 4 is 72.4 Å². The molecule has 6 aromatic rings. The number of allylic oxidation sites excluding steroid dienone is 2. The van der Waals surface area contributed by atoms with E-state index in [4.69, 9.17) is 9.40 Å². The maximum atomic E-state index is 11.5. The standard InChI is InChI=1S/C21H10NOSe.C11H20O2.Ir/c1-2-5-13-12(4-1)8-9-14-20-19-16(10-11-22-20)23-15-6-3-7-17(18(15)19)24-21(13)14;1-10(2,3)8(12)7-9(13)11(4,5)6;/h1-8,10-11H;7,12H,1-6H3;/q-1;;/b;8-7-;. The summed E-state index contributed by atoms with van der Waals surface area (Å²) in [6.07, 6.45) is 3.17. The van der Waals surface area contributed by atoms with Crippen LogP contribution in [0.3, 0.4) is 0 Å². The Labute approximate surface area is 241 Å². The van der Waals surface area contributed by atoms with Crippen LogP contribution in [0.15, 0.2) is 77.0 Å². The normalized spacial score (nSPS) is 12.6. The first-order chi connectivity index (χ1) is 17.4. The van der Waals surface area contributed by atoms with E-state index in [1.165, 1.54) is 30.8 Å². The summed E-state index contributed by atoms with van der Waals surface area (Å²) in [5.74, 6) is 0.104. The van der Waals surface area contributed by atoms with Crippen molar-refractivity contribution < 1.29 is 34.4 Å². The van der Waals surface area contributed by atoms with Crippen molar-refractivity contribution in [2.24, 2.45) is 10.8 Å². The van der Waals surface area contributed by atoms with E-state index in [0.717, 1.165) is 27.5 Å². The molecule has 0 aliphatic heterocycles. The number of hydrogen-bond acceptors (Lipinski definition) is 4. The van der Waals surface area contributed by atoms with E-state index in [-0.39, 0.29) is 51.6 Å². The molecule has 0 saturated carbocycles. The Bertz CT molecular complexity index is 1830. The van der Waals surface area contributed by atoms with Gasteiger partial charge in [0.15, 0.2) is 5.78 Å². The SMILES string of the molecule is CC(C)(C)C(=O)/C=C(\O)C(C)(C)C.[Ir].[c-]1cc2ccccc2c2[se]c3cccc4oc5ccnc(c12)c5c43. The van der Waals surface area contributed by atoms with Crippen molar-refractivity contribution in [3.8, 4) is 0 Å². The van der Waals surface area contributed by atoms with E-state index in [1.54, 1.807) is 0 Å². The van der Waals surface area contributed by atoms with Crippen molar-refractivity contribution in [1.82, 2.24) is 4.98 Å². The number of aliphatic hydroxyl groups excluding tert-OH is 1. The number of pyridine rings is 1. The zero-order valence-corrected chi connectivity index (χ0v) is 26.4. The number of ketones is 1. The molecule has 0 amide bonds. The van der Waals surface area contributed by atoms with E-state index in [2.05, 4.69) is 54.6 Å². The van der Waals surface area contributed by atoms with Crippen LogP contribution in [-0.2, 0) is 24.9 Å². The minimum atomic E-state index is -0.417. The molecule has 3 aromatic carbocycles. The van der Waals surface area contributed by atoms with Crippen molar-refractivity contribution in [3.63, 3.8) is 0 Å². The van der Waals surface area contributed by atoms with E-state index in [9.17, 15) is 9.90 Å². The quantitative estimate of drug-likeness (QED) is 0.0795. The zero-order valence-electron chi connectivity index (χ0n) is 22.3.